The molecule has 0 amide bonds. The second-order valence-corrected chi connectivity index (χ2v) is 4.55. The van der Waals surface area contributed by atoms with Gasteiger partial charge in [0.25, 0.3) is 0 Å². The normalized spacial score (nSPS) is 14.9. The Morgan fingerprint density at radius 2 is 2.07 bits per heavy atom. The highest BCUT2D eigenvalue weighted by Crippen LogP contribution is 2.32. The van der Waals surface area contributed by atoms with Crippen LogP contribution in [0.2, 0.25) is 0 Å². The lowest BCUT2D eigenvalue weighted by molar-refractivity contribution is 0.0966. The third-order valence-corrected chi connectivity index (χ3v) is 2.92. The molecule has 0 heterocycles. The Balaban J connectivity index is 2.89. The van der Waals surface area contributed by atoms with Gasteiger partial charge in [0.15, 0.2) is 0 Å². The zero-order chi connectivity index (χ0) is 11.4. The van der Waals surface area contributed by atoms with Gasteiger partial charge in [0, 0.05) is 16.6 Å². The summed E-state index contributed by atoms with van der Waals surface area (Å²) in [5.74, 6) is -0.00862. The van der Waals surface area contributed by atoms with E-state index in [4.69, 9.17) is 5.11 Å². The highest BCUT2D eigenvalue weighted by molar-refractivity contribution is 9.10. The molecule has 0 unspecified atom stereocenters. The largest absolute Gasteiger partial charge is 0.508 e. The predicted octanol–water partition coefficient (Wildman–Crippen LogP) is 2.21. The van der Waals surface area contributed by atoms with Gasteiger partial charge in [0.1, 0.15) is 5.75 Å². The molecular weight excluding hydrogens is 260 g/mol. The van der Waals surface area contributed by atoms with Crippen molar-refractivity contribution in [2.45, 2.75) is 19.4 Å². The number of benzene rings is 1. The number of aromatic hydroxyl groups is 1. The lowest BCUT2D eigenvalue weighted by atomic mass is 9.94. The molecule has 0 spiro atoms. The second-order valence-electron chi connectivity index (χ2n) is 3.64. The van der Waals surface area contributed by atoms with Gasteiger partial charge in [-0.2, -0.15) is 0 Å². The van der Waals surface area contributed by atoms with E-state index >= 15 is 0 Å². The maximum absolute atomic E-state index is 9.93. The van der Waals surface area contributed by atoms with E-state index in [2.05, 4.69) is 15.9 Å². The number of halogens is 1. The Morgan fingerprint density at radius 1 is 1.40 bits per heavy atom. The Labute approximate surface area is 97.5 Å². The molecule has 0 saturated carbocycles. The first-order valence-corrected chi connectivity index (χ1v) is 5.63. The van der Waals surface area contributed by atoms with E-state index in [9.17, 15) is 10.2 Å². The predicted molar refractivity (Wildman–Crippen MR) is 61.6 cm³/mol. The van der Waals surface area contributed by atoms with Gasteiger partial charge in [0.05, 0.1) is 6.10 Å². The average Bonchev–Trinajstić information content (AvgIpc) is 2.21. The number of phenols is 1. The number of aliphatic hydroxyl groups is 2. The summed E-state index contributed by atoms with van der Waals surface area (Å²) in [7, 11) is 0. The molecule has 0 aliphatic carbocycles. The standard InChI is InChI=1S/C11H15BrO3/c1-7(4-5-13)11(15)9-6-8(12)2-3-10(9)14/h2-3,6-7,11,13-15H,4-5H2,1H3/t7-,11+/m0/s1. The third kappa shape index (κ3) is 3.19. The van der Waals surface area contributed by atoms with E-state index in [1.165, 1.54) is 6.07 Å². The zero-order valence-electron chi connectivity index (χ0n) is 8.52. The monoisotopic (exact) mass is 274 g/mol. The van der Waals surface area contributed by atoms with E-state index in [0.717, 1.165) is 4.47 Å². The van der Waals surface area contributed by atoms with Crippen molar-refractivity contribution in [2.75, 3.05) is 6.61 Å². The fraction of sp³-hybridized carbons (Fsp3) is 0.455. The third-order valence-electron chi connectivity index (χ3n) is 2.43. The van der Waals surface area contributed by atoms with Crippen LogP contribution in [0.5, 0.6) is 5.75 Å². The Kier molecular flexibility index (Phi) is 4.57. The highest BCUT2D eigenvalue weighted by atomic mass is 79.9. The summed E-state index contributed by atoms with van der Waals surface area (Å²) in [5.41, 5.74) is 0.491. The Morgan fingerprint density at radius 3 is 2.67 bits per heavy atom. The molecule has 2 atom stereocenters. The van der Waals surface area contributed by atoms with Crippen molar-refractivity contribution in [3.05, 3.63) is 28.2 Å². The minimum absolute atomic E-state index is 0.0347. The number of rotatable bonds is 4. The molecule has 0 bridgehead atoms. The van der Waals surface area contributed by atoms with Crippen molar-refractivity contribution in [3.8, 4) is 5.75 Å². The molecule has 0 aliphatic heterocycles. The molecule has 0 aromatic heterocycles. The fourth-order valence-corrected chi connectivity index (χ4v) is 1.81. The van der Waals surface area contributed by atoms with Crippen LogP contribution in [0.4, 0.5) is 0 Å². The highest BCUT2D eigenvalue weighted by Gasteiger charge is 2.19. The van der Waals surface area contributed by atoms with E-state index in [1.807, 2.05) is 6.92 Å². The quantitative estimate of drug-likeness (QED) is 0.789. The SMILES string of the molecule is C[C@@H](CCO)[C@@H](O)c1cc(Br)ccc1O. The van der Waals surface area contributed by atoms with E-state index in [1.54, 1.807) is 12.1 Å². The molecular formula is C11H15BrO3. The van der Waals surface area contributed by atoms with Crippen molar-refractivity contribution in [1.29, 1.82) is 0 Å². The Hall–Kier alpha value is -0.580. The first kappa shape index (κ1) is 12.5. The van der Waals surface area contributed by atoms with Gasteiger partial charge in [-0.15, -0.1) is 0 Å². The summed E-state index contributed by atoms with van der Waals surface area (Å²) < 4.78 is 0.811. The van der Waals surface area contributed by atoms with Crippen molar-refractivity contribution in [3.63, 3.8) is 0 Å². The summed E-state index contributed by atoms with van der Waals surface area (Å²) in [4.78, 5) is 0. The average molecular weight is 275 g/mol. The molecule has 1 rings (SSSR count). The van der Waals surface area contributed by atoms with Crippen LogP contribution in [0.1, 0.15) is 25.0 Å². The van der Waals surface area contributed by atoms with Crippen LogP contribution < -0.4 is 0 Å². The van der Waals surface area contributed by atoms with Gasteiger partial charge >= 0.3 is 0 Å². The molecule has 0 aliphatic rings. The second kappa shape index (κ2) is 5.49. The molecule has 1 aromatic rings. The lowest BCUT2D eigenvalue weighted by Crippen LogP contribution is -2.11. The van der Waals surface area contributed by atoms with Crippen molar-refractivity contribution >= 4 is 15.9 Å². The molecule has 3 N–H and O–H groups in total. The van der Waals surface area contributed by atoms with Gasteiger partial charge in [-0.1, -0.05) is 22.9 Å². The van der Waals surface area contributed by atoms with E-state index in [-0.39, 0.29) is 18.3 Å². The van der Waals surface area contributed by atoms with Gasteiger partial charge in [0.2, 0.25) is 0 Å². The zero-order valence-corrected chi connectivity index (χ0v) is 10.1. The van der Waals surface area contributed by atoms with Crippen LogP contribution in [0.25, 0.3) is 0 Å². The molecule has 3 nitrogen and oxygen atoms in total. The summed E-state index contributed by atoms with van der Waals surface area (Å²) >= 11 is 3.28. The van der Waals surface area contributed by atoms with Crippen molar-refractivity contribution in [2.24, 2.45) is 5.92 Å². The van der Waals surface area contributed by atoms with E-state index in [0.29, 0.717) is 12.0 Å². The van der Waals surface area contributed by atoms with Crippen LogP contribution in [0.3, 0.4) is 0 Å². The maximum Gasteiger partial charge on any atom is 0.121 e. The van der Waals surface area contributed by atoms with Gasteiger partial charge in [-0.3, -0.25) is 0 Å². The number of hydrogen-bond acceptors (Lipinski definition) is 3. The topological polar surface area (TPSA) is 60.7 Å². The summed E-state index contributed by atoms with van der Waals surface area (Å²) in [6.07, 6.45) is -0.248. The summed E-state index contributed by atoms with van der Waals surface area (Å²) in [5, 5.41) is 28.3. The lowest BCUT2D eigenvalue weighted by Gasteiger charge is -2.19. The molecule has 84 valence electrons. The molecule has 1 aromatic carbocycles. The van der Waals surface area contributed by atoms with Gasteiger partial charge in [-0.25, -0.2) is 0 Å². The fourth-order valence-electron chi connectivity index (χ4n) is 1.43. The van der Waals surface area contributed by atoms with Crippen molar-refractivity contribution < 1.29 is 15.3 Å². The molecule has 4 heteroatoms. The van der Waals surface area contributed by atoms with Crippen LogP contribution in [0, 0.1) is 5.92 Å². The first-order valence-electron chi connectivity index (χ1n) is 4.83. The minimum Gasteiger partial charge on any atom is -0.508 e. The van der Waals surface area contributed by atoms with Gasteiger partial charge < -0.3 is 15.3 Å². The number of aliphatic hydroxyl groups excluding tert-OH is 2. The van der Waals surface area contributed by atoms with E-state index < -0.39 is 6.10 Å². The van der Waals surface area contributed by atoms with Gasteiger partial charge in [-0.05, 0) is 30.5 Å². The van der Waals surface area contributed by atoms with Crippen LogP contribution in [-0.2, 0) is 0 Å². The first-order chi connectivity index (χ1) is 7.06. The number of hydrogen-bond donors (Lipinski definition) is 3. The van der Waals surface area contributed by atoms with Crippen LogP contribution in [0.15, 0.2) is 22.7 Å². The smallest absolute Gasteiger partial charge is 0.121 e. The summed E-state index contributed by atoms with van der Waals surface area (Å²) in [6.45, 7) is 1.87. The number of phenolic OH excluding ortho intramolecular Hbond substituents is 1. The molecule has 0 fully saturated rings. The molecule has 0 saturated heterocycles. The van der Waals surface area contributed by atoms with Crippen LogP contribution in [-0.4, -0.2) is 21.9 Å². The van der Waals surface area contributed by atoms with Crippen LogP contribution >= 0.6 is 15.9 Å². The van der Waals surface area contributed by atoms with Crippen molar-refractivity contribution in [1.82, 2.24) is 0 Å². The summed E-state index contributed by atoms with van der Waals surface area (Å²) in [6, 6.07) is 4.93. The molecule has 0 radical (unpaired) electrons. The minimum atomic E-state index is -0.755. The Bertz CT molecular complexity index is 328. The maximum atomic E-state index is 9.93. The molecule has 15 heavy (non-hydrogen) atoms.